The Kier molecular flexibility index (Phi) is 4.70. The van der Waals surface area contributed by atoms with Gasteiger partial charge in [0.05, 0.1) is 15.7 Å². The number of hydrogen-bond acceptors (Lipinski definition) is 2. The van der Waals surface area contributed by atoms with Crippen LogP contribution in [0.4, 0.5) is 0 Å². The van der Waals surface area contributed by atoms with E-state index in [1.165, 1.54) is 0 Å². The summed E-state index contributed by atoms with van der Waals surface area (Å²) in [4.78, 5) is 0. The Morgan fingerprint density at radius 1 is 0.538 bits per heavy atom. The van der Waals surface area contributed by atoms with E-state index in [0.29, 0.717) is 10.0 Å². The summed E-state index contributed by atoms with van der Waals surface area (Å²) < 4.78 is 0. The molecule has 1 aromatic heterocycles. The van der Waals surface area contributed by atoms with Gasteiger partial charge in [0, 0.05) is 16.7 Å². The molecule has 2 nitrogen and oxygen atoms in total. The molecule has 4 rings (SSSR count). The van der Waals surface area contributed by atoms with Gasteiger partial charge in [-0.3, -0.25) is 0 Å². The Morgan fingerprint density at radius 2 is 1.12 bits per heavy atom. The maximum absolute atomic E-state index is 6.41. The zero-order chi connectivity index (χ0) is 17.9. The van der Waals surface area contributed by atoms with E-state index < -0.39 is 0 Å². The summed E-state index contributed by atoms with van der Waals surface area (Å²) in [7, 11) is 0. The second kappa shape index (κ2) is 7.28. The molecule has 4 aromatic rings. The molecule has 3 aromatic carbocycles. The fraction of sp³-hybridized carbons (Fsp3) is 0. The van der Waals surface area contributed by atoms with E-state index in [9.17, 15) is 0 Å². The molecule has 0 bridgehead atoms. The van der Waals surface area contributed by atoms with Crippen molar-refractivity contribution in [3.05, 3.63) is 95.0 Å². The summed E-state index contributed by atoms with van der Waals surface area (Å²) in [6.45, 7) is 0. The van der Waals surface area contributed by atoms with Crippen LogP contribution in [0.2, 0.25) is 10.0 Å². The number of rotatable bonds is 3. The van der Waals surface area contributed by atoms with E-state index >= 15 is 0 Å². The van der Waals surface area contributed by atoms with Crippen molar-refractivity contribution in [1.29, 1.82) is 0 Å². The molecule has 4 heteroatoms. The lowest BCUT2D eigenvalue weighted by molar-refractivity contribution is 1.05. The molecular weight excluding hydrogens is 363 g/mol. The topological polar surface area (TPSA) is 25.8 Å². The summed E-state index contributed by atoms with van der Waals surface area (Å²) in [5.74, 6) is 0. The monoisotopic (exact) mass is 376 g/mol. The van der Waals surface area contributed by atoms with Crippen LogP contribution in [0.3, 0.4) is 0 Å². The van der Waals surface area contributed by atoms with Gasteiger partial charge in [0.1, 0.15) is 5.69 Å². The Hall–Kier alpha value is -2.68. The smallest absolute Gasteiger partial charge is 0.102 e. The quantitative estimate of drug-likeness (QED) is 0.393. The molecule has 0 N–H and O–H groups in total. The molecule has 0 atom stereocenters. The second-order valence-electron chi connectivity index (χ2n) is 5.82. The van der Waals surface area contributed by atoms with Crippen molar-refractivity contribution in [2.24, 2.45) is 0 Å². The van der Waals surface area contributed by atoms with Gasteiger partial charge in [-0.1, -0.05) is 89.9 Å². The minimum atomic E-state index is 0.643. The SMILES string of the molecule is Clc1ccccc1-c1cc(-c2ccccc2)c(-c2ccccc2Cl)nn1. The van der Waals surface area contributed by atoms with Crippen molar-refractivity contribution in [3.8, 4) is 33.6 Å². The normalized spacial score (nSPS) is 10.7. The molecule has 0 spiro atoms. The van der Waals surface area contributed by atoms with Crippen LogP contribution in [0.25, 0.3) is 33.6 Å². The van der Waals surface area contributed by atoms with Crippen molar-refractivity contribution in [2.75, 3.05) is 0 Å². The largest absolute Gasteiger partial charge is 0.150 e. The summed E-state index contributed by atoms with van der Waals surface area (Å²) >= 11 is 12.8. The van der Waals surface area contributed by atoms with Gasteiger partial charge in [-0.25, -0.2) is 0 Å². The highest BCUT2D eigenvalue weighted by Gasteiger charge is 2.15. The average molecular weight is 377 g/mol. The third-order valence-electron chi connectivity index (χ3n) is 4.16. The van der Waals surface area contributed by atoms with Crippen molar-refractivity contribution < 1.29 is 0 Å². The molecule has 0 saturated heterocycles. The lowest BCUT2D eigenvalue weighted by Gasteiger charge is -2.12. The minimum absolute atomic E-state index is 0.643. The van der Waals surface area contributed by atoms with E-state index in [0.717, 1.165) is 33.6 Å². The van der Waals surface area contributed by atoms with Crippen molar-refractivity contribution in [2.45, 2.75) is 0 Å². The zero-order valence-electron chi connectivity index (χ0n) is 13.7. The van der Waals surface area contributed by atoms with E-state index in [2.05, 4.69) is 10.2 Å². The molecule has 26 heavy (non-hydrogen) atoms. The van der Waals surface area contributed by atoms with Crippen LogP contribution in [0.15, 0.2) is 84.9 Å². The predicted molar refractivity (Wildman–Crippen MR) is 108 cm³/mol. The van der Waals surface area contributed by atoms with Crippen molar-refractivity contribution >= 4 is 23.2 Å². The van der Waals surface area contributed by atoms with Gasteiger partial charge >= 0.3 is 0 Å². The van der Waals surface area contributed by atoms with Crippen molar-refractivity contribution in [3.63, 3.8) is 0 Å². The minimum Gasteiger partial charge on any atom is -0.150 e. The number of nitrogens with zero attached hydrogens (tertiary/aromatic N) is 2. The first-order valence-corrected chi connectivity index (χ1v) is 8.92. The molecule has 126 valence electrons. The van der Waals surface area contributed by atoms with Crippen LogP contribution < -0.4 is 0 Å². The fourth-order valence-corrected chi connectivity index (χ4v) is 3.34. The number of aromatic nitrogens is 2. The van der Waals surface area contributed by atoms with Gasteiger partial charge in [0.25, 0.3) is 0 Å². The van der Waals surface area contributed by atoms with Crippen LogP contribution in [-0.4, -0.2) is 10.2 Å². The highest BCUT2D eigenvalue weighted by molar-refractivity contribution is 6.33. The van der Waals surface area contributed by atoms with Crippen LogP contribution in [0.1, 0.15) is 0 Å². The van der Waals surface area contributed by atoms with E-state index in [-0.39, 0.29) is 0 Å². The molecule has 0 radical (unpaired) electrons. The van der Waals surface area contributed by atoms with Crippen LogP contribution in [0.5, 0.6) is 0 Å². The molecular formula is C22H14Cl2N2. The third kappa shape index (κ3) is 3.22. The Morgan fingerprint density at radius 3 is 1.77 bits per heavy atom. The number of benzene rings is 3. The summed E-state index contributed by atoms with van der Waals surface area (Å²) in [5.41, 5.74) is 5.19. The Labute approximate surface area is 162 Å². The Bertz CT molecular complexity index is 1060. The molecule has 1 heterocycles. The molecule has 0 saturated carbocycles. The summed E-state index contributed by atoms with van der Waals surface area (Å²) in [5, 5.41) is 10.2. The van der Waals surface area contributed by atoms with E-state index in [4.69, 9.17) is 23.2 Å². The number of halogens is 2. The van der Waals surface area contributed by atoms with Gasteiger partial charge in [-0.15, -0.1) is 10.2 Å². The maximum Gasteiger partial charge on any atom is 0.102 e. The van der Waals surface area contributed by atoms with Gasteiger partial charge in [0.15, 0.2) is 0 Å². The highest BCUT2D eigenvalue weighted by Crippen LogP contribution is 2.36. The van der Waals surface area contributed by atoms with Crippen LogP contribution in [0, 0.1) is 0 Å². The fourth-order valence-electron chi connectivity index (χ4n) is 2.88. The summed E-state index contributed by atoms with van der Waals surface area (Å²) in [6, 6.07) is 27.4. The van der Waals surface area contributed by atoms with Gasteiger partial charge in [0.2, 0.25) is 0 Å². The number of hydrogen-bond donors (Lipinski definition) is 0. The Balaban J connectivity index is 1.96. The van der Waals surface area contributed by atoms with E-state index in [1.54, 1.807) is 0 Å². The molecule has 0 amide bonds. The zero-order valence-corrected chi connectivity index (χ0v) is 15.2. The van der Waals surface area contributed by atoms with Crippen LogP contribution in [-0.2, 0) is 0 Å². The lowest BCUT2D eigenvalue weighted by Crippen LogP contribution is -1.96. The van der Waals surface area contributed by atoms with Crippen molar-refractivity contribution in [1.82, 2.24) is 10.2 Å². The lowest BCUT2D eigenvalue weighted by atomic mass is 9.98. The maximum atomic E-state index is 6.41. The first-order chi connectivity index (χ1) is 12.7. The van der Waals surface area contributed by atoms with Gasteiger partial charge in [-0.2, -0.15) is 0 Å². The van der Waals surface area contributed by atoms with E-state index in [1.807, 2.05) is 84.9 Å². The summed E-state index contributed by atoms with van der Waals surface area (Å²) in [6.07, 6.45) is 0. The first kappa shape index (κ1) is 16.8. The predicted octanol–water partition coefficient (Wildman–Crippen LogP) is 6.78. The third-order valence-corrected chi connectivity index (χ3v) is 4.82. The highest BCUT2D eigenvalue weighted by atomic mass is 35.5. The van der Waals surface area contributed by atoms with Crippen LogP contribution >= 0.6 is 23.2 Å². The first-order valence-electron chi connectivity index (χ1n) is 8.17. The molecule has 0 fully saturated rings. The molecule has 0 aliphatic rings. The standard InChI is InChI=1S/C22H14Cl2N2/c23-19-12-6-4-10-16(19)21-14-18(15-8-2-1-3-9-15)22(26-25-21)17-11-5-7-13-20(17)24/h1-14H. The molecule has 0 unspecified atom stereocenters. The second-order valence-corrected chi connectivity index (χ2v) is 6.63. The molecule has 0 aliphatic carbocycles. The van der Waals surface area contributed by atoms with Gasteiger partial charge in [-0.05, 0) is 23.8 Å². The average Bonchev–Trinajstić information content (AvgIpc) is 2.69. The molecule has 0 aliphatic heterocycles. The van der Waals surface area contributed by atoms with Gasteiger partial charge < -0.3 is 0 Å².